The molecular weight excluding hydrogens is 305 g/mol. The van der Waals surface area contributed by atoms with Gasteiger partial charge >= 0.3 is 6.18 Å². The minimum atomic E-state index is -4.22. The number of nitrogens with one attached hydrogen (secondary N) is 1. The third-order valence-electron chi connectivity index (χ3n) is 2.33. The van der Waals surface area contributed by atoms with E-state index in [4.69, 9.17) is 0 Å². The largest absolute Gasteiger partial charge is 0.389 e. The molecule has 0 fully saturated rings. The number of hydrogen-bond donors (Lipinski definition) is 2. The molecule has 8 heteroatoms. The molecule has 0 saturated carbocycles. The molecule has 2 unspecified atom stereocenters. The van der Waals surface area contributed by atoms with Crippen molar-refractivity contribution in [2.45, 2.75) is 44.5 Å². The minimum Gasteiger partial charge on any atom is -0.385 e. The van der Waals surface area contributed by atoms with E-state index in [2.05, 4.69) is 16.9 Å². The maximum atomic E-state index is 12.1. The summed E-state index contributed by atoms with van der Waals surface area (Å²) < 4.78 is 36.3. The van der Waals surface area contributed by atoms with Gasteiger partial charge in [-0.2, -0.15) is 13.2 Å². The van der Waals surface area contributed by atoms with Crippen molar-refractivity contribution in [3.05, 3.63) is 12.0 Å². The summed E-state index contributed by atoms with van der Waals surface area (Å²) in [6.45, 7) is 5.28. The van der Waals surface area contributed by atoms with Crippen LogP contribution < -0.4 is 5.32 Å². The predicted octanol–water partition coefficient (Wildman–Crippen LogP) is 2.78. The van der Waals surface area contributed by atoms with Gasteiger partial charge in [-0.3, -0.25) is 4.99 Å². The molecule has 0 aromatic carbocycles. The summed E-state index contributed by atoms with van der Waals surface area (Å²) in [5.41, 5.74) is 0. The highest BCUT2D eigenvalue weighted by molar-refractivity contribution is 8.16. The molecule has 0 rings (SSSR count). The summed E-state index contributed by atoms with van der Waals surface area (Å²) in [5, 5.41) is 14.4. The van der Waals surface area contributed by atoms with Gasteiger partial charge < -0.3 is 15.2 Å². The van der Waals surface area contributed by atoms with Crippen molar-refractivity contribution >= 4 is 23.1 Å². The number of halogens is 3. The molecule has 0 saturated heterocycles. The number of aliphatic imine (C=N–C) groups is 1. The fraction of sp³-hybridized carbons (Fsp3) is 0.692. The van der Waals surface area contributed by atoms with Crippen LogP contribution in [0.5, 0.6) is 0 Å². The minimum absolute atomic E-state index is 0.197. The van der Waals surface area contributed by atoms with Crippen LogP contribution >= 0.6 is 11.8 Å². The van der Waals surface area contributed by atoms with Gasteiger partial charge in [0.05, 0.1) is 0 Å². The third kappa shape index (κ3) is 12.6. The zero-order chi connectivity index (χ0) is 16.9. The van der Waals surface area contributed by atoms with E-state index in [0.717, 1.165) is 18.0 Å². The summed E-state index contributed by atoms with van der Waals surface area (Å²) in [6, 6.07) is -0.678. The van der Waals surface area contributed by atoms with Gasteiger partial charge in [-0.05, 0) is 18.9 Å². The number of likely N-dealkylation sites (N-methyl/N-ethyl adjacent to an activating group) is 1. The molecular formula is C13H23F3N2O2S. The standard InChI is InChI=1S/C10H17F3N2OS.C3H6O/c1-4-17-9(15-3)8(16)7(14-2)5-6-10(11,12)13;1-2-3-4/h4,7-8,14,16H,1,5-6H2,2-3H3;3H,2H2,1H3. The van der Waals surface area contributed by atoms with E-state index < -0.39 is 24.7 Å². The zero-order valence-corrected chi connectivity index (χ0v) is 13.3. The second-order valence-electron chi connectivity index (χ2n) is 3.92. The van der Waals surface area contributed by atoms with Crippen LogP contribution in [0.2, 0.25) is 0 Å². The molecule has 0 radical (unpaired) electrons. The maximum Gasteiger partial charge on any atom is 0.389 e. The zero-order valence-electron chi connectivity index (χ0n) is 12.5. The number of aliphatic hydroxyl groups excluding tert-OH is 1. The Balaban J connectivity index is 0. The average Bonchev–Trinajstić information content (AvgIpc) is 2.44. The Kier molecular flexibility index (Phi) is 13.7. The van der Waals surface area contributed by atoms with E-state index in [1.165, 1.54) is 19.5 Å². The molecule has 0 amide bonds. The molecule has 0 aliphatic heterocycles. The first-order valence-corrected chi connectivity index (χ1v) is 7.25. The molecule has 0 spiro atoms. The van der Waals surface area contributed by atoms with Crippen molar-refractivity contribution in [2.75, 3.05) is 14.1 Å². The van der Waals surface area contributed by atoms with Gasteiger partial charge in [0.25, 0.3) is 0 Å². The second kappa shape index (κ2) is 12.8. The molecule has 4 nitrogen and oxygen atoms in total. The van der Waals surface area contributed by atoms with Crippen molar-refractivity contribution in [1.29, 1.82) is 0 Å². The van der Waals surface area contributed by atoms with Crippen LogP contribution in [-0.2, 0) is 4.79 Å². The number of rotatable bonds is 7. The average molecular weight is 328 g/mol. The molecule has 0 aliphatic carbocycles. The number of hydrogen-bond acceptors (Lipinski definition) is 5. The molecule has 0 bridgehead atoms. The van der Waals surface area contributed by atoms with Gasteiger partial charge in [-0.15, -0.1) is 0 Å². The number of alkyl halides is 3. The predicted molar refractivity (Wildman–Crippen MR) is 81.6 cm³/mol. The Morgan fingerprint density at radius 3 is 2.33 bits per heavy atom. The number of thioether (sulfide) groups is 1. The van der Waals surface area contributed by atoms with Crippen molar-refractivity contribution in [3.63, 3.8) is 0 Å². The molecule has 2 atom stereocenters. The van der Waals surface area contributed by atoms with Gasteiger partial charge in [0.15, 0.2) is 0 Å². The number of carbonyl (C=O) groups excluding carboxylic acids is 1. The van der Waals surface area contributed by atoms with Gasteiger partial charge in [-0.1, -0.05) is 25.3 Å². The lowest BCUT2D eigenvalue weighted by Gasteiger charge is -2.23. The van der Waals surface area contributed by atoms with Crippen LogP contribution in [-0.4, -0.2) is 48.9 Å². The molecule has 0 aromatic heterocycles. The van der Waals surface area contributed by atoms with Gasteiger partial charge in [0.2, 0.25) is 0 Å². The Labute approximate surface area is 127 Å². The first-order chi connectivity index (χ1) is 9.77. The molecule has 0 heterocycles. The molecule has 0 aromatic rings. The second-order valence-corrected chi connectivity index (χ2v) is 4.90. The lowest BCUT2D eigenvalue weighted by Crippen LogP contribution is -2.42. The molecule has 2 N–H and O–H groups in total. The summed E-state index contributed by atoms with van der Waals surface area (Å²) in [5.74, 6) is 0. The maximum absolute atomic E-state index is 12.1. The van der Waals surface area contributed by atoms with E-state index in [1.807, 2.05) is 6.92 Å². The van der Waals surface area contributed by atoms with E-state index >= 15 is 0 Å². The van der Waals surface area contributed by atoms with Crippen LogP contribution in [0.15, 0.2) is 17.0 Å². The first-order valence-electron chi connectivity index (χ1n) is 6.37. The quantitative estimate of drug-likeness (QED) is 0.429. The lowest BCUT2D eigenvalue weighted by molar-refractivity contribution is -0.137. The highest BCUT2D eigenvalue weighted by Crippen LogP contribution is 2.24. The molecule has 0 aliphatic rings. The summed E-state index contributed by atoms with van der Waals surface area (Å²) in [6.07, 6.45) is -4.90. The third-order valence-corrected chi connectivity index (χ3v) is 3.17. The number of aliphatic hydroxyl groups is 1. The van der Waals surface area contributed by atoms with E-state index in [-0.39, 0.29) is 6.42 Å². The van der Waals surface area contributed by atoms with E-state index in [9.17, 15) is 23.1 Å². The summed E-state index contributed by atoms with van der Waals surface area (Å²) >= 11 is 1.10. The van der Waals surface area contributed by atoms with Crippen LogP contribution in [0.4, 0.5) is 13.2 Å². The van der Waals surface area contributed by atoms with Gasteiger partial charge in [-0.25, -0.2) is 0 Å². The topological polar surface area (TPSA) is 61.7 Å². The van der Waals surface area contributed by atoms with Crippen LogP contribution in [0, 0.1) is 0 Å². The Hall–Kier alpha value is -0.860. The smallest absolute Gasteiger partial charge is 0.385 e. The van der Waals surface area contributed by atoms with Gasteiger partial charge in [0, 0.05) is 25.9 Å². The van der Waals surface area contributed by atoms with E-state index in [1.54, 1.807) is 0 Å². The lowest BCUT2D eigenvalue weighted by atomic mass is 10.1. The normalized spacial score (nSPS) is 14.7. The summed E-state index contributed by atoms with van der Waals surface area (Å²) in [7, 11) is 2.99. The summed E-state index contributed by atoms with van der Waals surface area (Å²) in [4.78, 5) is 13.0. The Morgan fingerprint density at radius 1 is 1.52 bits per heavy atom. The van der Waals surface area contributed by atoms with Crippen molar-refractivity contribution < 1.29 is 23.1 Å². The SMILES string of the molecule is C=CSC(=NC)C(O)C(CCC(F)(F)F)NC.CCC=O. The van der Waals surface area contributed by atoms with Crippen molar-refractivity contribution in [2.24, 2.45) is 4.99 Å². The van der Waals surface area contributed by atoms with Gasteiger partial charge in [0.1, 0.15) is 17.4 Å². The van der Waals surface area contributed by atoms with E-state index in [0.29, 0.717) is 11.5 Å². The Morgan fingerprint density at radius 2 is 2.05 bits per heavy atom. The van der Waals surface area contributed by atoms with Crippen LogP contribution in [0.25, 0.3) is 0 Å². The highest BCUT2D eigenvalue weighted by Gasteiger charge is 2.31. The first kappa shape index (κ1) is 22.4. The van der Waals surface area contributed by atoms with Crippen LogP contribution in [0.3, 0.4) is 0 Å². The Bertz CT molecular complexity index is 323. The number of aldehydes is 1. The number of carbonyl (C=O) groups is 1. The fourth-order valence-corrected chi connectivity index (χ4v) is 1.87. The molecule has 124 valence electrons. The van der Waals surface area contributed by atoms with Crippen LogP contribution in [0.1, 0.15) is 26.2 Å². The highest BCUT2D eigenvalue weighted by atomic mass is 32.2. The van der Waals surface area contributed by atoms with Crippen molar-refractivity contribution in [3.8, 4) is 0 Å². The monoisotopic (exact) mass is 328 g/mol. The van der Waals surface area contributed by atoms with Crippen molar-refractivity contribution in [1.82, 2.24) is 5.32 Å². The molecule has 21 heavy (non-hydrogen) atoms. The number of nitrogens with zero attached hydrogens (tertiary/aromatic N) is 1. The fourth-order valence-electron chi connectivity index (χ4n) is 1.29.